The van der Waals surface area contributed by atoms with Crippen LogP contribution in [-0.4, -0.2) is 34.5 Å². The lowest BCUT2D eigenvalue weighted by atomic mass is 10.1. The van der Waals surface area contributed by atoms with Crippen molar-refractivity contribution in [1.82, 2.24) is 14.5 Å². The average Bonchev–Trinajstić information content (AvgIpc) is 2.57. The van der Waals surface area contributed by atoms with Gasteiger partial charge in [0.2, 0.25) is 0 Å². The molecule has 5 nitrogen and oxygen atoms in total. The van der Waals surface area contributed by atoms with E-state index in [2.05, 4.69) is 4.98 Å². The second-order valence-electron chi connectivity index (χ2n) is 5.59. The third kappa shape index (κ3) is 2.99. The van der Waals surface area contributed by atoms with Gasteiger partial charge < -0.3 is 4.90 Å². The Kier molecular flexibility index (Phi) is 3.93. The molecule has 5 heteroatoms. The summed E-state index contributed by atoms with van der Waals surface area (Å²) in [5.41, 5.74) is 2.20. The van der Waals surface area contributed by atoms with E-state index in [4.69, 9.17) is 0 Å². The molecule has 1 amide bonds. The van der Waals surface area contributed by atoms with Crippen LogP contribution in [0, 0.1) is 0 Å². The van der Waals surface area contributed by atoms with Crippen LogP contribution in [-0.2, 0) is 6.54 Å². The van der Waals surface area contributed by atoms with Crippen LogP contribution in [0.2, 0.25) is 0 Å². The Hall–Kier alpha value is -2.95. The molecule has 0 saturated heterocycles. The second kappa shape index (κ2) is 6.04. The molecule has 0 aliphatic carbocycles. The molecule has 3 aromatic rings. The summed E-state index contributed by atoms with van der Waals surface area (Å²) in [5.74, 6) is -0.0407. The summed E-state index contributed by atoms with van der Waals surface area (Å²) < 4.78 is 1.57. The predicted octanol–water partition coefficient (Wildman–Crippen LogP) is 2.15. The molecule has 0 atom stereocenters. The maximum absolute atomic E-state index is 12.5. The molecule has 0 unspecified atom stereocenters. The highest BCUT2D eigenvalue weighted by Gasteiger charge is 2.08. The van der Waals surface area contributed by atoms with Gasteiger partial charge in [-0.15, -0.1) is 0 Å². The first-order chi connectivity index (χ1) is 11.1. The number of hydrogen-bond donors (Lipinski definition) is 0. The van der Waals surface area contributed by atoms with Gasteiger partial charge in [0, 0.05) is 19.7 Å². The fraction of sp³-hybridized carbons (Fsp3) is 0.167. The van der Waals surface area contributed by atoms with E-state index in [0.717, 1.165) is 5.56 Å². The molecular weight excluding hydrogens is 290 g/mol. The zero-order valence-electron chi connectivity index (χ0n) is 13.1. The Labute approximate surface area is 133 Å². The minimum atomic E-state index is -0.0657. The number of hydrogen-bond acceptors (Lipinski definition) is 3. The molecular formula is C18H17N3O2. The molecule has 0 spiro atoms. The van der Waals surface area contributed by atoms with Crippen LogP contribution < -0.4 is 5.56 Å². The number of nitrogens with zero attached hydrogens (tertiary/aromatic N) is 3. The van der Waals surface area contributed by atoms with Gasteiger partial charge in [-0.05, 0) is 29.8 Å². The van der Waals surface area contributed by atoms with Crippen molar-refractivity contribution in [2.45, 2.75) is 6.54 Å². The fourth-order valence-electron chi connectivity index (χ4n) is 2.43. The zero-order chi connectivity index (χ0) is 16.4. The summed E-state index contributed by atoms with van der Waals surface area (Å²) in [7, 11) is 3.44. The summed E-state index contributed by atoms with van der Waals surface area (Å²) in [5, 5.41) is 0.606. The van der Waals surface area contributed by atoms with Crippen LogP contribution in [0.5, 0.6) is 0 Å². The van der Waals surface area contributed by atoms with Gasteiger partial charge in [-0.1, -0.05) is 24.3 Å². The second-order valence-corrected chi connectivity index (χ2v) is 5.59. The highest BCUT2D eigenvalue weighted by Crippen LogP contribution is 2.09. The van der Waals surface area contributed by atoms with E-state index in [1.54, 1.807) is 43.2 Å². The monoisotopic (exact) mass is 307 g/mol. The number of carbonyl (C=O) groups is 1. The maximum atomic E-state index is 12.5. The summed E-state index contributed by atoms with van der Waals surface area (Å²) >= 11 is 0. The molecule has 3 rings (SSSR count). The lowest BCUT2D eigenvalue weighted by molar-refractivity contribution is 0.0827. The number of rotatable bonds is 3. The van der Waals surface area contributed by atoms with E-state index in [9.17, 15) is 9.59 Å². The first kappa shape index (κ1) is 15.0. The number of benzene rings is 2. The van der Waals surface area contributed by atoms with Gasteiger partial charge in [0.05, 0.1) is 23.8 Å². The van der Waals surface area contributed by atoms with Crippen LogP contribution in [0.1, 0.15) is 15.9 Å². The quantitative estimate of drug-likeness (QED) is 0.745. The Morgan fingerprint density at radius 3 is 2.48 bits per heavy atom. The maximum Gasteiger partial charge on any atom is 0.261 e. The normalized spacial score (nSPS) is 10.7. The molecule has 23 heavy (non-hydrogen) atoms. The van der Waals surface area contributed by atoms with Crippen molar-refractivity contribution in [2.75, 3.05) is 14.1 Å². The van der Waals surface area contributed by atoms with E-state index in [0.29, 0.717) is 23.0 Å². The third-order valence-electron chi connectivity index (χ3n) is 3.69. The lowest BCUT2D eigenvalue weighted by Gasteiger charge is -2.11. The molecule has 1 heterocycles. The van der Waals surface area contributed by atoms with Crippen molar-refractivity contribution in [3.63, 3.8) is 0 Å². The van der Waals surface area contributed by atoms with Crippen molar-refractivity contribution < 1.29 is 4.79 Å². The summed E-state index contributed by atoms with van der Waals surface area (Å²) in [6.45, 7) is 0.424. The smallest absolute Gasteiger partial charge is 0.261 e. The van der Waals surface area contributed by atoms with Gasteiger partial charge in [-0.2, -0.15) is 0 Å². The highest BCUT2D eigenvalue weighted by molar-refractivity contribution is 5.93. The predicted molar refractivity (Wildman–Crippen MR) is 89.6 cm³/mol. The minimum absolute atomic E-state index is 0.0407. The van der Waals surface area contributed by atoms with Crippen LogP contribution >= 0.6 is 0 Å². The number of para-hydroxylation sites is 1. The lowest BCUT2D eigenvalue weighted by Crippen LogP contribution is -2.22. The minimum Gasteiger partial charge on any atom is -0.345 e. The standard InChI is InChI=1S/C18H17N3O2/c1-20(2)17(22)14-9-7-13(8-10-14)11-21-12-19-16-6-4-3-5-15(16)18(21)23/h3-10,12H,11H2,1-2H3. The molecule has 1 aromatic heterocycles. The van der Waals surface area contributed by atoms with Crippen LogP contribution in [0.25, 0.3) is 10.9 Å². The third-order valence-corrected chi connectivity index (χ3v) is 3.69. The molecule has 0 N–H and O–H groups in total. The molecule has 0 fully saturated rings. The number of aromatic nitrogens is 2. The Bertz CT molecular complexity index is 911. The van der Waals surface area contributed by atoms with Crippen molar-refractivity contribution in [2.24, 2.45) is 0 Å². The van der Waals surface area contributed by atoms with Crippen LogP contribution in [0.15, 0.2) is 59.7 Å². The van der Waals surface area contributed by atoms with Crippen LogP contribution in [0.3, 0.4) is 0 Å². The number of amides is 1. The molecule has 0 aliphatic heterocycles. The fourth-order valence-corrected chi connectivity index (χ4v) is 2.43. The van der Waals surface area contributed by atoms with Gasteiger partial charge in [0.25, 0.3) is 11.5 Å². The Balaban J connectivity index is 1.89. The number of carbonyl (C=O) groups excluding carboxylic acids is 1. The molecule has 2 aromatic carbocycles. The van der Waals surface area contributed by atoms with Gasteiger partial charge in [0.1, 0.15) is 0 Å². The average molecular weight is 307 g/mol. The molecule has 0 bridgehead atoms. The van der Waals surface area contributed by atoms with Crippen molar-refractivity contribution in [3.8, 4) is 0 Å². The molecule has 0 radical (unpaired) electrons. The topological polar surface area (TPSA) is 55.2 Å². The van der Waals surface area contributed by atoms with E-state index >= 15 is 0 Å². The van der Waals surface area contributed by atoms with E-state index in [1.807, 2.05) is 30.3 Å². The van der Waals surface area contributed by atoms with Crippen molar-refractivity contribution in [1.29, 1.82) is 0 Å². The first-order valence-corrected chi connectivity index (χ1v) is 7.31. The van der Waals surface area contributed by atoms with Crippen LogP contribution in [0.4, 0.5) is 0 Å². The number of fused-ring (bicyclic) bond motifs is 1. The van der Waals surface area contributed by atoms with Gasteiger partial charge in [0.15, 0.2) is 0 Å². The summed E-state index contributed by atoms with van der Waals surface area (Å²) in [4.78, 5) is 30.2. The van der Waals surface area contributed by atoms with E-state index in [1.165, 1.54) is 4.90 Å². The van der Waals surface area contributed by atoms with Gasteiger partial charge in [-0.25, -0.2) is 4.98 Å². The SMILES string of the molecule is CN(C)C(=O)c1ccc(Cn2cnc3ccccc3c2=O)cc1. The Morgan fingerprint density at radius 1 is 1.09 bits per heavy atom. The molecule has 116 valence electrons. The summed E-state index contributed by atoms with van der Waals surface area (Å²) in [6, 6.07) is 14.6. The zero-order valence-corrected chi connectivity index (χ0v) is 13.1. The molecule has 0 saturated carbocycles. The largest absolute Gasteiger partial charge is 0.345 e. The Morgan fingerprint density at radius 2 is 1.78 bits per heavy atom. The van der Waals surface area contributed by atoms with Crippen molar-refractivity contribution in [3.05, 3.63) is 76.3 Å². The molecule has 0 aliphatic rings. The van der Waals surface area contributed by atoms with Gasteiger partial charge >= 0.3 is 0 Å². The highest BCUT2D eigenvalue weighted by atomic mass is 16.2. The summed E-state index contributed by atoms with van der Waals surface area (Å²) in [6.07, 6.45) is 1.56. The van der Waals surface area contributed by atoms with Crippen molar-refractivity contribution >= 4 is 16.8 Å². The van der Waals surface area contributed by atoms with E-state index in [-0.39, 0.29) is 11.5 Å². The van der Waals surface area contributed by atoms with Gasteiger partial charge in [-0.3, -0.25) is 14.2 Å². The van der Waals surface area contributed by atoms with E-state index < -0.39 is 0 Å². The first-order valence-electron chi connectivity index (χ1n) is 7.31.